The van der Waals surface area contributed by atoms with E-state index in [1.165, 1.54) is 0 Å². The lowest BCUT2D eigenvalue weighted by atomic mass is 9.75. The molecule has 3 amide bonds. The van der Waals surface area contributed by atoms with Gasteiger partial charge in [-0.1, -0.05) is 72.8 Å². The summed E-state index contributed by atoms with van der Waals surface area (Å²) >= 11 is 0. The first-order valence-electron chi connectivity index (χ1n) is 13.7. The van der Waals surface area contributed by atoms with E-state index in [0.29, 0.717) is 38.8 Å². The van der Waals surface area contributed by atoms with Crippen LogP contribution >= 0.6 is 0 Å². The fourth-order valence-corrected chi connectivity index (χ4v) is 5.96. The summed E-state index contributed by atoms with van der Waals surface area (Å²) in [6.07, 6.45) is 3.76. The van der Waals surface area contributed by atoms with Crippen molar-refractivity contribution in [3.05, 3.63) is 107 Å². The first-order chi connectivity index (χ1) is 19.5. The molecule has 0 aliphatic carbocycles. The smallest absolute Gasteiger partial charge is 0.329 e. The summed E-state index contributed by atoms with van der Waals surface area (Å²) in [6.45, 7) is 1.05. The van der Waals surface area contributed by atoms with E-state index in [-0.39, 0.29) is 18.5 Å². The minimum absolute atomic E-state index is 0.0107. The highest BCUT2D eigenvalue weighted by Gasteiger charge is 2.42. The Hall–Kier alpha value is -4.59. The quantitative estimate of drug-likeness (QED) is 0.322. The third-order valence-corrected chi connectivity index (χ3v) is 8.07. The Morgan fingerprint density at radius 2 is 1.68 bits per heavy atom. The minimum atomic E-state index is -0.860. The molecule has 6 rings (SSSR count). The van der Waals surface area contributed by atoms with E-state index in [1.54, 1.807) is 4.90 Å². The number of carbonyl (C=O) groups excluding carboxylic acids is 3. The molecule has 0 radical (unpaired) electrons. The molecule has 3 N–H and O–H groups in total. The zero-order valence-corrected chi connectivity index (χ0v) is 22.2. The molecule has 0 saturated carbocycles. The molecule has 1 aromatic heterocycles. The molecule has 2 aliphatic rings. The SMILES string of the molecule is O=C1Cc2ccccc2C2(CCN(C(=O)NC(Cc3c[nH]c4ccccc34)C(=O)OCc3ccccc3)CC2)N1. The average Bonchev–Trinajstić information content (AvgIpc) is 3.39. The van der Waals surface area contributed by atoms with Crippen molar-refractivity contribution >= 4 is 28.8 Å². The van der Waals surface area contributed by atoms with Crippen molar-refractivity contribution in [1.82, 2.24) is 20.5 Å². The molecule has 2 aliphatic heterocycles. The Bertz CT molecular complexity index is 1540. The van der Waals surface area contributed by atoms with E-state index in [4.69, 9.17) is 4.74 Å². The Morgan fingerprint density at radius 3 is 2.50 bits per heavy atom. The molecule has 204 valence electrons. The fourth-order valence-electron chi connectivity index (χ4n) is 5.96. The lowest BCUT2D eigenvalue weighted by Crippen LogP contribution is -2.59. The van der Waals surface area contributed by atoms with Crippen molar-refractivity contribution in [3.63, 3.8) is 0 Å². The molecule has 1 unspecified atom stereocenters. The summed E-state index contributed by atoms with van der Waals surface area (Å²) in [5.74, 6) is -0.471. The zero-order valence-electron chi connectivity index (χ0n) is 22.2. The highest BCUT2D eigenvalue weighted by molar-refractivity contribution is 5.87. The van der Waals surface area contributed by atoms with E-state index in [1.807, 2.05) is 79.0 Å². The van der Waals surface area contributed by atoms with Gasteiger partial charge in [0.05, 0.1) is 12.0 Å². The fraction of sp³-hybridized carbons (Fsp3) is 0.281. The Kier molecular flexibility index (Phi) is 6.99. The van der Waals surface area contributed by atoms with Gasteiger partial charge in [0.2, 0.25) is 5.91 Å². The number of aromatic nitrogens is 1. The van der Waals surface area contributed by atoms with Crippen LogP contribution in [-0.4, -0.2) is 46.9 Å². The number of likely N-dealkylation sites (tertiary alicyclic amines) is 1. The van der Waals surface area contributed by atoms with Crippen LogP contribution in [0.2, 0.25) is 0 Å². The first-order valence-corrected chi connectivity index (χ1v) is 13.7. The molecule has 8 heteroatoms. The molecular formula is C32H32N4O4. The van der Waals surface area contributed by atoms with Gasteiger partial charge in [0, 0.05) is 36.6 Å². The number of aromatic amines is 1. The van der Waals surface area contributed by atoms with Crippen LogP contribution in [0, 0.1) is 0 Å². The predicted molar refractivity (Wildman–Crippen MR) is 151 cm³/mol. The molecule has 0 bridgehead atoms. The second-order valence-corrected chi connectivity index (χ2v) is 10.6. The van der Waals surface area contributed by atoms with Crippen LogP contribution in [0.1, 0.15) is 35.1 Å². The molecule has 40 heavy (non-hydrogen) atoms. The van der Waals surface area contributed by atoms with Gasteiger partial charge in [0.25, 0.3) is 0 Å². The Labute approximate surface area is 232 Å². The number of nitrogens with zero attached hydrogens (tertiary/aromatic N) is 1. The largest absolute Gasteiger partial charge is 0.459 e. The van der Waals surface area contributed by atoms with Crippen molar-refractivity contribution in [3.8, 4) is 0 Å². The third kappa shape index (κ3) is 5.17. The molecule has 1 fully saturated rings. The van der Waals surface area contributed by atoms with Gasteiger partial charge in [-0.15, -0.1) is 0 Å². The van der Waals surface area contributed by atoms with E-state index < -0.39 is 17.6 Å². The summed E-state index contributed by atoms with van der Waals surface area (Å²) in [5.41, 5.74) is 4.48. The number of amides is 3. The first kappa shape index (κ1) is 25.7. The summed E-state index contributed by atoms with van der Waals surface area (Å²) in [6, 6.07) is 24.2. The number of para-hydroxylation sites is 1. The number of H-pyrrole nitrogens is 1. The molecule has 1 saturated heterocycles. The van der Waals surface area contributed by atoms with Crippen LogP contribution in [0.15, 0.2) is 85.1 Å². The van der Waals surface area contributed by atoms with E-state index in [9.17, 15) is 14.4 Å². The van der Waals surface area contributed by atoms with Gasteiger partial charge >= 0.3 is 12.0 Å². The maximum Gasteiger partial charge on any atom is 0.329 e. The summed E-state index contributed by atoms with van der Waals surface area (Å²) in [4.78, 5) is 44.2. The molecular weight excluding hydrogens is 504 g/mol. The highest BCUT2D eigenvalue weighted by atomic mass is 16.5. The second kappa shape index (κ2) is 10.9. The van der Waals surface area contributed by atoms with E-state index in [2.05, 4.69) is 21.7 Å². The normalized spacial score (nSPS) is 16.7. The lowest BCUT2D eigenvalue weighted by Gasteiger charge is -2.45. The molecule has 1 spiro atoms. The monoisotopic (exact) mass is 536 g/mol. The number of nitrogens with one attached hydrogen (secondary N) is 3. The zero-order chi connectivity index (χ0) is 27.5. The van der Waals surface area contributed by atoms with Gasteiger partial charge in [-0.3, -0.25) is 4.79 Å². The minimum Gasteiger partial charge on any atom is -0.459 e. The van der Waals surface area contributed by atoms with Crippen molar-refractivity contribution in [1.29, 1.82) is 0 Å². The van der Waals surface area contributed by atoms with Gasteiger partial charge in [0.15, 0.2) is 0 Å². The molecule has 1 atom stereocenters. The van der Waals surface area contributed by atoms with Crippen molar-refractivity contribution in [2.45, 2.75) is 43.9 Å². The van der Waals surface area contributed by atoms with Crippen LogP contribution in [-0.2, 0) is 39.3 Å². The summed E-state index contributed by atoms with van der Waals surface area (Å²) in [5, 5.41) is 7.17. The number of ether oxygens (including phenoxy) is 1. The molecule has 3 heterocycles. The topological polar surface area (TPSA) is 104 Å². The predicted octanol–water partition coefficient (Wildman–Crippen LogP) is 4.20. The van der Waals surface area contributed by atoms with E-state index in [0.717, 1.165) is 33.2 Å². The standard InChI is InChI=1S/C32H32N4O4/c37-29-19-23-10-4-6-12-26(23)32(35-29)14-16-36(17-15-32)31(39)34-28(30(38)40-21-22-8-2-1-3-9-22)18-24-20-33-27-13-7-5-11-25(24)27/h1-13,20,28,33H,14-19,21H2,(H,34,39)(H,35,37). The number of hydrogen-bond donors (Lipinski definition) is 3. The molecule has 3 aromatic carbocycles. The van der Waals surface area contributed by atoms with Crippen LogP contribution in [0.3, 0.4) is 0 Å². The van der Waals surface area contributed by atoms with Crippen LogP contribution in [0.5, 0.6) is 0 Å². The van der Waals surface area contributed by atoms with Gasteiger partial charge in [0.1, 0.15) is 12.6 Å². The number of urea groups is 1. The number of esters is 1. The lowest BCUT2D eigenvalue weighted by molar-refractivity contribution is -0.147. The summed E-state index contributed by atoms with van der Waals surface area (Å²) in [7, 11) is 0. The third-order valence-electron chi connectivity index (χ3n) is 8.07. The Morgan fingerprint density at radius 1 is 0.950 bits per heavy atom. The Balaban J connectivity index is 1.16. The van der Waals surface area contributed by atoms with Crippen molar-refractivity contribution < 1.29 is 19.1 Å². The number of fused-ring (bicyclic) bond motifs is 3. The number of hydrogen-bond acceptors (Lipinski definition) is 4. The molecule has 8 nitrogen and oxygen atoms in total. The second-order valence-electron chi connectivity index (χ2n) is 10.6. The van der Waals surface area contributed by atoms with Crippen LogP contribution < -0.4 is 10.6 Å². The number of benzene rings is 3. The number of carbonyl (C=O) groups is 3. The van der Waals surface area contributed by atoms with Crippen LogP contribution in [0.4, 0.5) is 4.79 Å². The highest BCUT2D eigenvalue weighted by Crippen LogP contribution is 2.37. The maximum atomic E-state index is 13.5. The van der Waals surface area contributed by atoms with Gasteiger partial charge in [-0.25, -0.2) is 9.59 Å². The molecule has 4 aromatic rings. The number of rotatable bonds is 6. The van der Waals surface area contributed by atoms with E-state index >= 15 is 0 Å². The summed E-state index contributed by atoms with van der Waals surface area (Å²) < 4.78 is 5.65. The number of piperidine rings is 1. The van der Waals surface area contributed by atoms with Gasteiger partial charge in [-0.05, 0) is 41.2 Å². The maximum absolute atomic E-state index is 13.5. The van der Waals surface area contributed by atoms with Crippen LogP contribution in [0.25, 0.3) is 10.9 Å². The van der Waals surface area contributed by atoms with Gasteiger partial charge < -0.3 is 25.3 Å². The average molecular weight is 537 g/mol. The van der Waals surface area contributed by atoms with Gasteiger partial charge in [-0.2, -0.15) is 0 Å². The van der Waals surface area contributed by atoms with Crippen molar-refractivity contribution in [2.75, 3.05) is 13.1 Å². The van der Waals surface area contributed by atoms with Crippen molar-refractivity contribution in [2.24, 2.45) is 0 Å².